The highest BCUT2D eigenvalue weighted by Gasteiger charge is 2.12. The van der Waals surface area contributed by atoms with Gasteiger partial charge in [-0.1, -0.05) is 0 Å². The lowest BCUT2D eigenvalue weighted by Gasteiger charge is -2.16. The van der Waals surface area contributed by atoms with Crippen LogP contribution < -0.4 is 11.3 Å². The van der Waals surface area contributed by atoms with Crippen molar-refractivity contribution in [2.75, 3.05) is 0 Å². The van der Waals surface area contributed by atoms with Gasteiger partial charge in [0, 0.05) is 37.1 Å². The first kappa shape index (κ1) is 14.7. The van der Waals surface area contributed by atoms with E-state index in [1.54, 1.807) is 0 Å². The van der Waals surface area contributed by atoms with Crippen LogP contribution in [0.4, 0.5) is 0 Å². The highest BCUT2D eigenvalue weighted by atomic mass is 15.3. The number of hydrogen-bond donors (Lipinski definition) is 2. The molecule has 0 amide bonds. The average molecular weight is 273 g/mol. The summed E-state index contributed by atoms with van der Waals surface area (Å²) in [5, 5.41) is 4.47. The molecule has 1 unspecified atom stereocenters. The van der Waals surface area contributed by atoms with Crippen molar-refractivity contribution in [3.63, 3.8) is 0 Å². The number of aryl methyl sites for hydroxylation is 3. The molecule has 0 spiro atoms. The summed E-state index contributed by atoms with van der Waals surface area (Å²) < 4.78 is 2.05. The van der Waals surface area contributed by atoms with Gasteiger partial charge in [0.2, 0.25) is 0 Å². The van der Waals surface area contributed by atoms with E-state index in [1.807, 2.05) is 36.1 Å². The maximum atomic E-state index is 5.69. The van der Waals surface area contributed by atoms with Crippen LogP contribution >= 0.6 is 0 Å². The number of hydrazine groups is 1. The van der Waals surface area contributed by atoms with Crippen molar-refractivity contribution in [3.05, 3.63) is 47.5 Å². The molecule has 5 nitrogen and oxygen atoms in total. The molecule has 20 heavy (non-hydrogen) atoms. The Labute approximate surface area is 120 Å². The maximum absolute atomic E-state index is 5.69. The first-order valence-electron chi connectivity index (χ1n) is 7.11. The van der Waals surface area contributed by atoms with E-state index in [9.17, 15) is 0 Å². The van der Waals surface area contributed by atoms with Crippen LogP contribution in [-0.2, 0) is 19.4 Å². The normalized spacial score (nSPS) is 12.6. The molecule has 0 radical (unpaired) electrons. The SMILES string of the molecule is CCn1nc(C)cc1CC(CCc1ccncc1)NN. The fourth-order valence-corrected chi connectivity index (χ4v) is 2.42. The van der Waals surface area contributed by atoms with Crippen LogP contribution in [-0.4, -0.2) is 20.8 Å². The monoisotopic (exact) mass is 273 g/mol. The van der Waals surface area contributed by atoms with E-state index in [-0.39, 0.29) is 6.04 Å². The minimum absolute atomic E-state index is 0.254. The van der Waals surface area contributed by atoms with E-state index < -0.39 is 0 Å². The molecule has 2 rings (SSSR count). The van der Waals surface area contributed by atoms with Crippen molar-refractivity contribution in [2.24, 2.45) is 5.84 Å². The maximum Gasteiger partial charge on any atom is 0.0596 e. The topological polar surface area (TPSA) is 68.8 Å². The molecule has 0 aromatic carbocycles. The zero-order valence-corrected chi connectivity index (χ0v) is 12.2. The van der Waals surface area contributed by atoms with Gasteiger partial charge in [0.05, 0.1) is 5.69 Å². The minimum atomic E-state index is 0.254. The molecule has 2 aromatic rings. The van der Waals surface area contributed by atoms with Gasteiger partial charge in [0.1, 0.15) is 0 Å². The third-order valence-electron chi connectivity index (χ3n) is 3.51. The second-order valence-electron chi connectivity index (χ2n) is 5.05. The van der Waals surface area contributed by atoms with E-state index in [4.69, 9.17) is 5.84 Å². The van der Waals surface area contributed by atoms with Crippen molar-refractivity contribution in [3.8, 4) is 0 Å². The summed E-state index contributed by atoms with van der Waals surface area (Å²) in [6, 6.07) is 6.49. The highest BCUT2D eigenvalue weighted by Crippen LogP contribution is 2.11. The largest absolute Gasteiger partial charge is 0.271 e. The zero-order valence-electron chi connectivity index (χ0n) is 12.2. The van der Waals surface area contributed by atoms with E-state index in [0.717, 1.165) is 31.5 Å². The molecule has 3 N–H and O–H groups in total. The quantitative estimate of drug-likeness (QED) is 0.594. The molecule has 1 atom stereocenters. The van der Waals surface area contributed by atoms with Crippen molar-refractivity contribution < 1.29 is 0 Å². The Balaban J connectivity index is 1.95. The highest BCUT2D eigenvalue weighted by molar-refractivity contribution is 5.12. The molecular weight excluding hydrogens is 250 g/mol. The van der Waals surface area contributed by atoms with Gasteiger partial charge in [-0.2, -0.15) is 5.10 Å². The third kappa shape index (κ3) is 3.88. The Bertz CT molecular complexity index is 520. The summed E-state index contributed by atoms with van der Waals surface area (Å²) in [5.41, 5.74) is 6.52. The molecule has 2 aromatic heterocycles. The van der Waals surface area contributed by atoms with Crippen LogP contribution in [0.2, 0.25) is 0 Å². The van der Waals surface area contributed by atoms with E-state index >= 15 is 0 Å². The Morgan fingerprint density at radius 3 is 2.75 bits per heavy atom. The van der Waals surface area contributed by atoms with Gasteiger partial charge in [0.25, 0.3) is 0 Å². The molecule has 2 heterocycles. The van der Waals surface area contributed by atoms with Crippen LogP contribution in [0.15, 0.2) is 30.6 Å². The Kier molecular flexibility index (Phi) is 5.26. The van der Waals surface area contributed by atoms with Gasteiger partial charge < -0.3 is 0 Å². The summed E-state index contributed by atoms with van der Waals surface area (Å²) in [6.07, 6.45) is 6.55. The van der Waals surface area contributed by atoms with Crippen LogP contribution in [0.25, 0.3) is 0 Å². The molecule has 0 aliphatic carbocycles. The molecule has 0 bridgehead atoms. The fraction of sp³-hybridized carbons (Fsp3) is 0.467. The van der Waals surface area contributed by atoms with Crippen LogP contribution in [0.5, 0.6) is 0 Å². The standard InChI is InChI=1S/C15H23N5/c1-3-20-15(10-12(2)19-20)11-14(18-16)5-4-13-6-8-17-9-7-13/h6-10,14,18H,3-5,11,16H2,1-2H3. The predicted octanol–water partition coefficient (Wildman–Crippen LogP) is 1.61. The molecule has 108 valence electrons. The van der Waals surface area contributed by atoms with Gasteiger partial charge in [-0.25, -0.2) is 0 Å². The van der Waals surface area contributed by atoms with Crippen molar-refractivity contribution in [2.45, 2.75) is 45.7 Å². The number of nitrogens with zero attached hydrogens (tertiary/aromatic N) is 3. The van der Waals surface area contributed by atoms with E-state index in [0.29, 0.717) is 0 Å². The lowest BCUT2D eigenvalue weighted by molar-refractivity contribution is 0.471. The molecular formula is C15H23N5. The second-order valence-corrected chi connectivity index (χ2v) is 5.05. The van der Waals surface area contributed by atoms with E-state index in [2.05, 4.69) is 28.5 Å². The zero-order chi connectivity index (χ0) is 14.4. The fourth-order valence-electron chi connectivity index (χ4n) is 2.42. The Morgan fingerprint density at radius 1 is 1.35 bits per heavy atom. The lowest BCUT2D eigenvalue weighted by Crippen LogP contribution is -2.37. The van der Waals surface area contributed by atoms with Gasteiger partial charge in [-0.3, -0.25) is 20.9 Å². The number of rotatable bonds is 7. The van der Waals surface area contributed by atoms with Crippen LogP contribution in [0.1, 0.15) is 30.3 Å². The van der Waals surface area contributed by atoms with Crippen LogP contribution in [0.3, 0.4) is 0 Å². The summed E-state index contributed by atoms with van der Waals surface area (Å²) in [5.74, 6) is 5.69. The summed E-state index contributed by atoms with van der Waals surface area (Å²) >= 11 is 0. The lowest BCUT2D eigenvalue weighted by atomic mass is 10.0. The van der Waals surface area contributed by atoms with Gasteiger partial charge >= 0.3 is 0 Å². The number of nitrogens with one attached hydrogen (secondary N) is 1. The summed E-state index contributed by atoms with van der Waals surface area (Å²) in [7, 11) is 0. The first-order chi connectivity index (χ1) is 9.72. The van der Waals surface area contributed by atoms with Gasteiger partial charge in [-0.15, -0.1) is 0 Å². The molecule has 0 fully saturated rings. The average Bonchev–Trinajstić information content (AvgIpc) is 2.84. The molecule has 0 aliphatic rings. The number of hydrogen-bond acceptors (Lipinski definition) is 4. The molecule has 5 heteroatoms. The second kappa shape index (κ2) is 7.17. The van der Waals surface area contributed by atoms with E-state index in [1.165, 1.54) is 11.3 Å². The first-order valence-corrected chi connectivity index (χ1v) is 7.11. The van der Waals surface area contributed by atoms with Gasteiger partial charge in [0.15, 0.2) is 0 Å². The molecule has 0 aliphatic heterocycles. The molecule has 0 saturated carbocycles. The smallest absolute Gasteiger partial charge is 0.0596 e. The minimum Gasteiger partial charge on any atom is -0.271 e. The molecule has 0 saturated heterocycles. The Morgan fingerprint density at radius 2 is 2.10 bits per heavy atom. The predicted molar refractivity (Wildman–Crippen MR) is 80.0 cm³/mol. The van der Waals surface area contributed by atoms with Crippen LogP contribution in [0, 0.1) is 6.92 Å². The van der Waals surface area contributed by atoms with Gasteiger partial charge in [-0.05, 0) is 50.5 Å². The third-order valence-corrected chi connectivity index (χ3v) is 3.51. The summed E-state index contributed by atoms with van der Waals surface area (Å²) in [4.78, 5) is 4.03. The van der Waals surface area contributed by atoms with Crippen molar-refractivity contribution in [1.29, 1.82) is 0 Å². The number of nitrogens with two attached hydrogens (primary N) is 1. The number of pyridine rings is 1. The summed E-state index contributed by atoms with van der Waals surface area (Å²) in [6.45, 7) is 5.03. The number of aromatic nitrogens is 3. The van der Waals surface area contributed by atoms with Crippen molar-refractivity contribution in [1.82, 2.24) is 20.2 Å². The Hall–Kier alpha value is -1.72. The van der Waals surface area contributed by atoms with Crippen molar-refractivity contribution >= 4 is 0 Å².